The number of hydrogen-bond donors (Lipinski definition) is 0. The second kappa shape index (κ2) is 5.51. The summed E-state index contributed by atoms with van der Waals surface area (Å²) >= 11 is 0. The maximum absolute atomic E-state index is 12.8. The van der Waals surface area contributed by atoms with Crippen LogP contribution in [0.25, 0.3) is 10.8 Å². The fourth-order valence-corrected chi connectivity index (χ4v) is 4.19. The Hall–Kier alpha value is -2.49. The standard InChI is InChI=1S/C22H18O3/c23-21-14-20(17-10-9-15-5-1-2-6-16(15)13-17)22(24-11-12-25-22)19-8-4-3-7-18(19)21/h1-10,13,20H,11-12,14H2. The first-order chi connectivity index (χ1) is 12.3. The lowest BCUT2D eigenvalue weighted by molar-refractivity contribution is -0.186. The molecule has 1 heterocycles. The molecule has 124 valence electrons. The van der Waals surface area contributed by atoms with Gasteiger partial charge in [-0.1, -0.05) is 66.7 Å². The van der Waals surface area contributed by atoms with Gasteiger partial charge in [0.15, 0.2) is 5.78 Å². The van der Waals surface area contributed by atoms with Crippen molar-refractivity contribution in [2.45, 2.75) is 18.1 Å². The second-order valence-corrected chi connectivity index (χ2v) is 6.70. The predicted molar refractivity (Wildman–Crippen MR) is 95.7 cm³/mol. The van der Waals surface area contributed by atoms with Gasteiger partial charge in [-0.3, -0.25) is 4.79 Å². The fourth-order valence-electron chi connectivity index (χ4n) is 4.19. The second-order valence-electron chi connectivity index (χ2n) is 6.70. The van der Waals surface area contributed by atoms with Gasteiger partial charge in [0.2, 0.25) is 5.79 Å². The Kier molecular flexibility index (Phi) is 3.27. The van der Waals surface area contributed by atoms with Crippen LogP contribution in [0, 0.1) is 0 Å². The molecule has 1 spiro atoms. The van der Waals surface area contributed by atoms with E-state index in [1.807, 2.05) is 36.4 Å². The summed E-state index contributed by atoms with van der Waals surface area (Å²) in [7, 11) is 0. The van der Waals surface area contributed by atoms with Crippen LogP contribution in [0.5, 0.6) is 0 Å². The maximum Gasteiger partial charge on any atom is 0.203 e. The normalized spacial score (nSPS) is 21.6. The van der Waals surface area contributed by atoms with Crippen LogP contribution in [0.15, 0.2) is 66.7 Å². The zero-order valence-electron chi connectivity index (χ0n) is 13.8. The summed E-state index contributed by atoms with van der Waals surface area (Å²) in [6, 6.07) is 22.3. The van der Waals surface area contributed by atoms with Gasteiger partial charge in [-0.2, -0.15) is 0 Å². The quantitative estimate of drug-likeness (QED) is 0.663. The number of carbonyl (C=O) groups excluding carboxylic acids is 1. The SMILES string of the molecule is O=C1CC(c2ccc3ccccc3c2)C2(OCCO2)c2ccccc21. The number of hydrogen-bond acceptors (Lipinski definition) is 3. The largest absolute Gasteiger partial charge is 0.343 e. The van der Waals surface area contributed by atoms with E-state index >= 15 is 0 Å². The molecule has 1 unspecified atom stereocenters. The summed E-state index contributed by atoms with van der Waals surface area (Å²) in [5.41, 5.74) is 2.67. The summed E-state index contributed by atoms with van der Waals surface area (Å²) < 4.78 is 12.3. The zero-order valence-corrected chi connectivity index (χ0v) is 13.8. The van der Waals surface area contributed by atoms with Gasteiger partial charge in [-0.25, -0.2) is 0 Å². The molecule has 0 saturated carbocycles. The number of Topliss-reactive ketones (excluding diaryl/α,β-unsaturated/α-hetero) is 1. The van der Waals surface area contributed by atoms with Crippen LogP contribution in [-0.4, -0.2) is 19.0 Å². The van der Waals surface area contributed by atoms with Crippen molar-refractivity contribution in [3.8, 4) is 0 Å². The predicted octanol–water partition coefficient (Wildman–Crippen LogP) is 4.41. The van der Waals surface area contributed by atoms with Crippen LogP contribution in [0.2, 0.25) is 0 Å². The Morgan fingerprint density at radius 2 is 1.56 bits per heavy atom. The molecule has 1 aliphatic heterocycles. The number of ketones is 1. The lowest BCUT2D eigenvalue weighted by Gasteiger charge is -2.40. The molecular formula is C22H18O3. The first-order valence-corrected chi connectivity index (χ1v) is 8.67. The van der Waals surface area contributed by atoms with Gasteiger partial charge in [0.1, 0.15) is 0 Å². The molecule has 1 saturated heterocycles. The first kappa shape index (κ1) is 14.8. The maximum atomic E-state index is 12.8. The molecule has 3 heteroatoms. The highest BCUT2D eigenvalue weighted by Gasteiger charge is 2.52. The van der Waals surface area contributed by atoms with Crippen molar-refractivity contribution in [2.24, 2.45) is 0 Å². The van der Waals surface area contributed by atoms with E-state index in [0.29, 0.717) is 19.6 Å². The minimum atomic E-state index is -0.854. The van der Waals surface area contributed by atoms with E-state index in [-0.39, 0.29) is 11.7 Å². The van der Waals surface area contributed by atoms with Crippen molar-refractivity contribution in [2.75, 3.05) is 13.2 Å². The van der Waals surface area contributed by atoms with Crippen molar-refractivity contribution in [3.63, 3.8) is 0 Å². The summed E-state index contributed by atoms with van der Waals surface area (Å²) in [5.74, 6) is -0.840. The highest BCUT2D eigenvalue weighted by molar-refractivity contribution is 6.00. The van der Waals surface area contributed by atoms with Crippen LogP contribution < -0.4 is 0 Å². The Morgan fingerprint density at radius 3 is 2.40 bits per heavy atom. The topological polar surface area (TPSA) is 35.5 Å². The molecule has 0 aromatic heterocycles. The lowest BCUT2D eigenvalue weighted by Crippen LogP contribution is -2.41. The van der Waals surface area contributed by atoms with Gasteiger partial charge in [0, 0.05) is 23.5 Å². The van der Waals surface area contributed by atoms with Gasteiger partial charge in [0.05, 0.1) is 13.2 Å². The summed E-state index contributed by atoms with van der Waals surface area (Å²) in [5, 5.41) is 2.36. The van der Waals surface area contributed by atoms with E-state index in [1.165, 1.54) is 10.8 Å². The Morgan fingerprint density at radius 1 is 0.840 bits per heavy atom. The van der Waals surface area contributed by atoms with E-state index in [2.05, 4.69) is 30.3 Å². The van der Waals surface area contributed by atoms with Crippen molar-refractivity contribution in [1.82, 2.24) is 0 Å². The molecular weight excluding hydrogens is 312 g/mol. The molecule has 1 aliphatic carbocycles. The van der Waals surface area contributed by atoms with Crippen LogP contribution in [0.4, 0.5) is 0 Å². The van der Waals surface area contributed by atoms with Crippen molar-refractivity contribution < 1.29 is 14.3 Å². The number of benzene rings is 3. The van der Waals surface area contributed by atoms with Crippen molar-refractivity contribution >= 4 is 16.6 Å². The summed E-state index contributed by atoms with van der Waals surface area (Å²) in [6.45, 7) is 1.10. The number of ether oxygens (including phenoxy) is 2. The number of carbonyl (C=O) groups is 1. The van der Waals surface area contributed by atoms with Gasteiger partial charge < -0.3 is 9.47 Å². The molecule has 2 aliphatic rings. The highest BCUT2D eigenvalue weighted by atomic mass is 16.7. The molecule has 1 fully saturated rings. The van der Waals surface area contributed by atoms with E-state index in [0.717, 1.165) is 16.7 Å². The molecule has 3 aromatic carbocycles. The molecule has 0 N–H and O–H groups in total. The van der Waals surface area contributed by atoms with Gasteiger partial charge in [-0.05, 0) is 16.3 Å². The molecule has 25 heavy (non-hydrogen) atoms. The summed E-state index contributed by atoms with van der Waals surface area (Å²) in [6.07, 6.45) is 0.398. The van der Waals surface area contributed by atoms with E-state index < -0.39 is 5.79 Å². The first-order valence-electron chi connectivity index (χ1n) is 8.67. The number of rotatable bonds is 1. The molecule has 5 rings (SSSR count). The Balaban J connectivity index is 1.70. The third-order valence-corrected chi connectivity index (χ3v) is 5.34. The molecule has 3 nitrogen and oxygen atoms in total. The Bertz CT molecular complexity index is 970. The third kappa shape index (κ3) is 2.16. The smallest absolute Gasteiger partial charge is 0.203 e. The van der Waals surface area contributed by atoms with E-state index in [1.54, 1.807) is 0 Å². The molecule has 0 bridgehead atoms. The third-order valence-electron chi connectivity index (χ3n) is 5.34. The average Bonchev–Trinajstić information content (AvgIpc) is 3.15. The average molecular weight is 330 g/mol. The van der Waals surface area contributed by atoms with Gasteiger partial charge in [-0.15, -0.1) is 0 Å². The molecule has 0 amide bonds. The van der Waals surface area contributed by atoms with Crippen LogP contribution >= 0.6 is 0 Å². The highest BCUT2D eigenvalue weighted by Crippen LogP contribution is 2.50. The fraction of sp³-hybridized carbons (Fsp3) is 0.227. The molecule has 1 atom stereocenters. The molecule has 3 aromatic rings. The van der Waals surface area contributed by atoms with Crippen molar-refractivity contribution in [3.05, 3.63) is 83.4 Å². The van der Waals surface area contributed by atoms with E-state index in [9.17, 15) is 4.79 Å². The Labute approximate surface area is 146 Å². The lowest BCUT2D eigenvalue weighted by atomic mass is 9.74. The monoisotopic (exact) mass is 330 g/mol. The minimum Gasteiger partial charge on any atom is -0.343 e. The van der Waals surface area contributed by atoms with E-state index in [4.69, 9.17) is 9.47 Å². The van der Waals surface area contributed by atoms with Crippen LogP contribution in [0.1, 0.15) is 33.8 Å². The molecule has 0 radical (unpaired) electrons. The van der Waals surface area contributed by atoms with Crippen LogP contribution in [-0.2, 0) is 15.3 Å². The van der Waals surface area contributed by atoms with Crippen LogP contribution in [0.3, 0.4) is 0 Å². The number of fused-ring (bicyclic) bond motifs is 3. The zero-order chi connectivity index (χ0) is 16.9. The van der Waals surface area contributed by atoms with Gasteiger partial charge >= 0.3 is 0 Å². The van der Waals surface area contributed by atoms with Crippen molar-refractivity contribution in [1.29, 1.82) is 0 Å². The van der Waals surface area contributed by atoms with Gasteiger partial charge in [0.25, 0.3) is 0 Å². The minimum absolute atomic E-state index is 0.137. The summed E-state index contributed by atoms with van der Waals surface area (Å²) in [4.78, 5) is 12.8.